The first-order valence-corrected chi connectivity index (χ1v) is 9.38. The highest BCUT2D eigenvalue weighted by Gasteiger charge is 2.43. The summed E-state index contributed by atoms with van der Waals surface area (Å²) in [5.74, 6) is -0.781. The van der Waals surface area contributed by atoms with Gasteiger partial charge in [-0.05, 0) is 49.9 Å². The summed E-state index contributed by atoms with van der Waals surface area (Å²) < 4.78 is 46.3. The van der Waals surface area contributed by atoms with Crippen molar-refractivity contribution in [3.8, 4) is 0 Å². The van der Waals surface area contributed by atoms with Crippen LogP contribution < -0.4 is 0 Å². The minimum atomic E-state index is -3.78. The molecular formula is C16H22FNO4S. The average Bonchev–Trinajstić information content (AvgIpc) is 2.96. The van der Waals surface area contributed by atoms with Gasteiger partial charge in [0.05, 0.1) is 17.6 Å². The molecule has 2 heterocycles. The monoisotopic (exact) mass is 343 g/mol. The number of aliphatic hydroxyl groups excluding tert-OH is 1. The Morgan fingerprint density at radius 1 is 1.30 bits per heavy atom. The first-order chi connectivity index (χ1) is 10.9. The Labute approximate surface area is 136 Å². The quantitative estimate of drug-likeness (QED) is 0.907. The lowest BCUT2D eigenvalue weighted by molar-refractivity contribution is -0.0543. The summed E-state index contributed by atoms with van der Waals surface area (Å²) in [4.78, 5) is -0.0203. The molecule has 3 atom stereocenters. The second-order valence-corrected chi connectivity index (χ2v) is 8.27. The molecule has 0 unspecified atom stereocenters. The number of aliphatic hydroxyl groups is 1. The van der Waals surface area contributed by atoms with E-state index in [1.165, 1.54) is 16.4 Å². The molecule has 1 N–H and O–H groups in total. The summed E-state index contributed by atoms with van der Waals surface area (Å²) in [5, 5.41) is 10.2. The zero-order chi connectivity index (χ0) is 16.6. The van der Waals surface area contributed by atoms with Crippen LogP contribution in [-0.4, -0.2) is 49.7 Å². The van der Waals surface area contributed by atoms with Crippen molar-refractivity contribution in [2.45, 2.75) is 43.2 Å². The van der Waals surface area contributed by atoms with Crippen LogP contribution in [0.4, 0.5) is 4.39 Å². The van der Waals surface area contributed by atoms with E-state index in [0.717, 1.165) is 12.5 Å². The summed E-state index contributed by atoms with van der Waals surface area (Å²) in [6.07, 6.45) is 1.40. The molecule has 0 aromatic heterocycles. The molecule has 128 valence electrons. The van der Waals surface area contributed by atoms with Crippen molar-refractivity contribution >= 4 is 10.0 Å². The zero-order valence-electron chi connectivity index (χ0n) is 13.1. The molecule has 1 aromatic carbocycles. The maximum Gasteiger partial charge on any atom is 0.243 e. The Hall–Kier alpha value is -1.02. The van der Waals surface area contributed by atoms with Gasteiger partial charge in [0.15, 0.2) is 0 Å². The van der Waals surface area contributed by atoms with Crippen molar-refractivity contribution in [1.82, 2.24) is 4.31 Å². The molecule has 2 saturated heterocycles. The van der Waals surface area contributed by atoms with Gasteiger partial charge in [0.2, 0.25) is 10.0 Å². The topological polar surface area (TPSA) is 66.8 Å². The Bertz CT molecular complexity index is 658. The summed E-state index contributed by atoms with van der Waals surface area (Å²) in [6, 6.07) is 3.56. The third-order valence-electron chi connectivity index (χ3n) is 4.73. The highest BCUT2D eigenvalue weighted by Crippen LogP contribution is 2.34. The number of hydrogen-bond acceptors (Lipinski definition) is 4. The van der Waals surface area contributed by atoms with E-state index in [4.69, 9.17) is 4.74 Å². The molecule has 0 spiro atoms. The first-order valence-electron chi connectivity index (χ1n) is 7.94. The Balaban J connectivity index is 1.91. The van der Waals surface area contributed by atoms with Gasteiger partial charge in [-0.25, -0.2) is 12.8 Å². The molecule has 0 saturated carbocycles. The van der Waals surface area contributed by atoms with Gasteiger partial charge in [0.1, 0.15) is 5.82 Å². The van der Waals surface area contributed by atoms with Gasteiger partial charge in [-0.2, -0.15) is 4.31 Å². The molecule has 2 fully saturated rings. The van der Waals surface area contributed by atoms with Crippen molar-refractivity contribution < 1.29 is 22.7 Å². The van der Waals surface area contributed by atoms with Crippen molar-refractivity contribution in [2.24, 2.45) is 5.92 Å². The SMILES string of the molecule is Cc1cc(F)cc(S(=O)(=O)N2CCC[C@@H]2[C@H]2COCC[C@@H]2O)c1. The molecule has 23 heavy (non-hydrogen) atoms. The molecule has 0 bridgehead atoms. The van der Waals surface area contributed by atoms with Gasteiger partial charge in [-0.3, -0.25) is 0 Å². The molecule has 0 amide bonds. The number of ether oxygens (including phenoxy) is 1. The second-order valence-electron chi connectivity index (χ2n) is 6.38. The Kier molecular flexibility index (Phi) is 4.73. The Morgan fingerprint density at radius 3 is 2.78 bits per heavy atom. The summed E-state index contributed by atoms with van der Waals surface area (Å²) in [5.41, 5.74) is 0.570. The fourth-order valence-corrected chi connectivity index (χ4v) is 5.45. The maximum atomic E-state index is 13.6. The minimum Gasteiger partial charge on any atom is -0.393 e. The third-order valence-corrected chi connectivity index (χ3v) is 6.63. The van der Waals surface area contributed by atoms with Crippen LogP contribution in [-0.2, 0) is 14.8 Å². The molecule has 2 aliphatic rings. The van der Waals surface area contributed by atoms with Gasteiger partial charge < -0.3 is 9.84 Å². The first kappa shape index (κ1) is 16.8. The highest BCUT2D eigenvalue weighted by atomic mass is 32.2. The van der Waals surface area contributed by atoms with E-state index in [-0.39, 0.29) is 16.9 Å². The van der Waals surface area contributed by atoms with Gasteiger partial charge in [0.25, 0.3) is 0 Å². The van der Waals surface area contributed by atoms with Crippen LogP contribution in [0, 0.1) is 18.7 Å². The lowest BCUT2D eigenvalue weighted by Crippen LogP contribution is -2.48. The lowest BCUT2D eigenvalue weighted by Gasteiger charge is -2.36. The molecule has 3 rings (SSSR count). The lowest BCUT2D eigenvalue weighted by atomic mass is 9.90. The molecule has 5 nitrogen and oxygen atoms in total. The summed E-state index contributed by atoms with van der Waals surface area (Å²) in [6.45, 7) is 2.92. The third kappa shape index (κ3) is 3.28. The molecule has 0 radical (unpaired) electrons. The van der Waals surface area contributed by atoms with E-state index in [0.29, 0.717) is 38.2 Å². The van der Waals surface area contributed by atoms with Crippen molar-refractivity contribution in [3.63, 3.8) is 0 Å². The van der Waals surface area contributed by atoms with Crippen LogP contribution in [0.2, 0.25) is 0 Å². The Morgan fingerprint density at radius 2 is 2.09 bits per heavy atom. The van der Waals surface area contributed by atoms with Crippen LogP contribution in [0.25, 0.3) is 0 Å². The number of rotatable bonds is 3. The number of aryl methyl sites for hydroxylation is 1. The standard InChI is InChI=1S/C16H22FNO4S/c1-11-7-12(17)9-13(8-11)23(20,21)18-5-2-3-15(18)14-10-22-6-4-16(14)19/h7-9,14-16,19H,2-6,10H2,1H3/t14-,15-,16+/m1/s1. The van der Waals surface area contributed by atoms with Crippen LogP contribution in [0.15, 0.2) is 23.1 Å². The smallest absolute Gasteiger partial charge is 0.243 e. The van der Waals surface area contributed by atoms with Crippen LogP contribution >= 0.6 is 0 Å². The van der Waals surface area contributed by atoms with Crippen molar-refractivity contribution in [1.29, 1.82) is 0 Å². The number of sulfonamides is 1. The molecule has 2 aliphatic heterocycles. The summed E-state index contributed by atoms with van der Waals surface area (Å²) in [7, 11) is -3.78. The van der Waals surface area contributed by atoms with Gasteiger partial charge >= 0.3 is 0 Å². The molecule has 7 heteroatoms. The van der Waals surface area contributed by atoms with E-state index in [1.54, 1.807) is 6.92 Å². The normalized spacial score (nSPS) is 29.8. The number of nitrogens with zero attached hydrogens (tertiary/aromatic N) is 1. The van der Waals surface area contributed by atoms with Gasteiger partial charge in [-0.15, -0.1) is 0 Å². The van der Waals surface area contributed by atoms with Gasteiger partial charge in [0, 0.05) is 25.1 Å². The van der Waals surface area contributed by atoms with Crippen molar-refractivity contribution in [2.75, 3.05) is 19.8 Å². The predicted octanol–water partition coefficient (Wildman–Crippen LogP) is 1.68. The molecular weight excluding hydrogens is 321 g/mol. The van der Waals surface area contributed by atoms with E-state index in [9.17, 15) is 17.9 Å². The largest absolute Gasteiger partial charge is 0.393 e. The van der Waals surface area contributed by atoms with E-state index in [1.807, 2.05) is 0 Å². The van der Waals surface area contributed by atoms with E-state index in [2.05, 4.69) is 0 Å². The zero-order valence-corrected chi connectivity index (χ0v) is 13.9. The minimum absolute atomic E-state index is 0.0203. The predicted molar refractivity (Wildman–Crippen MR) is 83.0 cm³/mol. The second kappa shape index (κ2) is 6.47. The molecule has 0 aliphatic carbocycles. The van der Waals surface area contributed by atoms with Crippen LogP contribution in [0.3, 0.4) is 0 Å². The fourth-order valence-electron chi connectivity index (χ4n) is 3.60. The van der Waals surface area contributed by atoms with Crippen LogP contribution in [0.1, 0.15) is 24.8 Å². The van der Waals surface area contributed by atoms with E-state index < -0.39 is 21.9 Å². The van der Waals surface area contributed by atoms with E-state index >= 15 is 0 Å². The summed E-state index contributed by atoms with van der Waals surface area (Å²) >= 11 is 0. The number of halogens is 1. The highest BCUT2D eigenvalue weighted by molar-refractivity contribution is 7.89. The number of benzene rings is 1. The van der Waals surface area contributed by atoms with Crippen LogP contribution in [0.5, 0.6) is 0 Å². The van der Waals surface area contributed by atoms with Gasteiger partial charge in [-0.1, -0.05) is 0 Å². The molecule has 1 aromatic rings. The maximum absolute atomic E-state index is 13.6. The van der Waals surface area contributed by atoms with Crippen molar-refractivity contribution in [3.05, 3.63) is 29.6 Å². The average molecular weight is 343 g/mol. The number of hydrogen-bond donors (Lipinski definition) is 1. The fraction of sp³-hybridized carbons (Fsp3) is 0.625.